The Bertz CT molecular complexity index is 201. The molecule has 2 rings (SSSR count). The van der Waals surface area contributed by atoms with Crippen LogP contribution in [0.25, 0.3) is 0 Å². The van der Waals surface area contributed by atoms with Crippen molar-refractivity contribution in [1.82, 2.24) is 0 Å². The molecular formula is C6H4IO2-. The number of benzene rings is 1. The molecule has 1 aromatic rings. The number of hydrogen-bond acceptors (Lipinski definition) is 2. The van der Waals surface area contributed by atoms with Crippen LogP contribution in [-0.2, 0) is 0 Å². The van der Waals surface area contributed by atoms with Crippen LogP contribution in [-0.4, -0.2) is 0 Å². The van der Waals surface area contributed by atoms with E-state index in [0.717, 1.165) is 11.5 Å². The third-order valence-corrected chi connectivity index (χ3v) is 2.39. The fraction of sp³-hybridized carbons (Fsp3) is 0. The van der Waals surface area contributed by atoms with Crippen molar-refractivity contribution in [3.8, 4) is 11.5 Å². The van der Waals surface area contributed by atoms with Gasteiger partial charge in [-0.05, 0) is 0 Å². The van der Waals surface area contributed by atoms with Crippen LogP contribution >= 0.6 is 0 Å². The summed E-state index contributed by atoms with van der Waals surface area (Å²) in [5.74, 6) is 1.79. The van der Waals surface area contributed by atoms with Crippen molar-refractivity contribution in [2.45, 2.75) is 0 Å². The van der Waals surface area contributed by atoms with Gasteiger partial charge in [-0.1, -0.05) is 0 Å². The first-order valence-electron chi connectivity index (χ1n) is 2.54. The molecule has 0 bridgehead atoms. The molecule has 0 atom stereocenters. The summed E-state index contributed by atoms with van der Waals surface area (Å²) in [6.07, 6.45) is 0. The van der Waals surface area contributed by atoms with Crippen LogP contribution in [0, 0.1) is 0 Å². The molecule has 0 aromatic heterocycles. The third-order valence-electron chi connectivity index (χ3n) is 1.08. The van der Waals surface area contributed by atoms with E-state index in [2.05, 4.69) is 0 Å². The van der Waals surface area contributed by atoms with E-state index >= 15 is 0 Å². The van der Waals surface area contributed by atoms with Gasteiger partial charge in [-0.2, -0.15) is 0 Å². The molecule has 0 saturated carbocycles. The van der Waals surface area contributed by atoms with Crippen molar-refractivity contribution >= 4 is 0 Å². The summed E-state index contributed by atoms with van der Waals surface area (Å²) in [6, 6.07) is 7.72. The SMILES string of the molecule is c1ccc2c(c1)O[I-]O2. The van der Waals surface area contributed by atoms with Crippen LogP contribution in [0.1, 0.15) is 0 Å². The zero-order valence-corrected chi connectivity index (χ0v) is 6.66. The first kappa shape index (κ1) is 5.34. The molecule has 0 unspecified atom stereocenters. The minimum atomic E-state index is -0.488. The van der Waals surface area contributed by atoms with Gasteiger partial charge in [-0.15, -0.1) is 0 Å². The van der Waals surface area contributed by atoms with Crippen molar-refractivity contribution < 1.29 is 28.2 Å². The van der Waals surface area contributed by atoms with Crippen LogP contribution in [0.15, 0.2) is 24.3 Å². The maximum absolute atomic E-state index is 5.19. The van der Waals surface area contributed by atoms with Gasteiger partial charge in [-0.3, -0.25) is 0 Å². The quantitative estimate of drug-likeness (QED) is 0.503. The molecule has 0 fully saturated rings. The molecule has 0 saturated heterocycles. The van der Waals surface area contributed by atoms with Crippen LogP contribution < -0.4 is 28.2 Å². The average molecular weight is 235 g/mol. The summed E-state index contributed by atoms with van der Waals surface area (Å²) in [5, 5.41) is 0. The average Bonchev–Trinajstić information content (AvgIpc) is 2.33. The summed E-state index contributed by atoms with van der Waals surface area (Å²) >= 11 is -0.488. The summed E-state index contributed by atoms with van der Waals surface area (Å²) in [6.45, 7) is 0. The van der Waals surface area contributed by atoms with Crippen molar-refractivity contribution in [3.05, 3.63) is 24.3 Å². The zero-order valence-electron chi connectivity index (χ0n) is 4.50. The van der Waals surface area contributed by atoms with E-state index < -0.39 is 22.0 Å². The van der Waals surface area contributed by atoms with Gasteiger partial charge in [-0.25, -0.2) is 0 Å². The first-order chi connectivity index (χ1) is 4.47. The minimum absolute atomic E-state index is 0.488. The molecule has 0 amide bonds. The Kier molecular flexibility index (Phi) is 1.22. The van der Waals surface area contributed by atoms with Gasteiger partial charge >= 0.3 is 63.9 Å². The van der Waals surface area contributed by atoms with Gasteiger partial charge in [0.1, 0.15) is 0 Å². The molecule has 1 aliphatic rings. The van der Waals surface area contributed by atoms with Gasteiger partial charge < -0.3 is 0 Å². The molecule has 0 N–H and O–H groups in total. The Morgan fingerprint density at radius 3 is 2.11 bits per heavy atom. The standard InChI is InChI=1S/C6H4IO2/c1-2-4-6-5(3-1)8-7-9-6/h1-4H/q-1. The van der Waals surface area contributed by atoms with Crippen LogP contribution in [0.3, 0.4) is 0 Å². The molecule has 2 nitrogen and oxygen atoms in total. The van der Waals surface area contributed by atoms with Crippen molar-refractivity contribution in [2.75, 3.05) is 0 Å². The number of fused-ring (bicyclic) bond motifs is 1. The number of halogens is 1. The van der Waals surface area contributed by atoms with Gasteiger partial charge in [0.2, 0.25) is 0 Å². The fourth-order valence-corrected chi connectivity index (χ4v) is 1.87. The van der Waals surface area contributed by atoms with Crippen molar-refractivity contribution in [2.24, 2.45) is 0 Å². The van der Waals surface area contributed by atoms with Gasteiger partial charge in [0.05, 0.1) is 0 Å². The molecule has 0 radical (unpaired) electrons. The molecule has 1 aliphatic heterocycles. The van der Waals surface area contributed by atoms with E-state index in [1.807, 2.05) is 24.3 Å². The predicted octanol–water partition coefficient (Wildman–Crippen LogP) is -1.62. The first-order valence-corrected chi connectivity index (χ1v) is 4.31. The Morgan fingerprint density at radius 1 is 1.00 bits per heavy atom. The number of hydrogen-bond donors (Lipinski definition) is 0. The van der Waals surface area contributed by atoms with Gasteiger partial charge in [0.15, 0.2) is 0 Å². The van der Waals surface area contributed by atoms with Crippen LogP contribution in [0.2, 0.25) is 0 Å². The molecule has 9 heavy (non-hydrogen) atoms. The third kappa shape index (κ3) is 0.849. The monoisotopic (exact) mass is 235 g/mol. The Morgan fingerprint density at radius 2 is 1.56 bits per heavy atom. The molecular weight excluding hydrogens is 231 g/mol. The van der Waals surface area contributed by atoms with E-state index in [1.165, 1.54) is 0 Å². The molecule has 1 heterocycles. The number of rotatable bonds is 0. The second-order valence-electron chi connectivity index (χ2n) is 1.66. The van der Waals surface area contributed by atoms with Crippen molar-refractivity contribution in [1.29, 1.82) is 0 Å². The van der Waals surface area contributed by atoms with E-state index in [1.54, 1.807) is 0 Å². The van der Waals surface area contributed by atoms with Crippen LogP contribution in [0.5, 0.6) is 11.5 Å². The summed E-state index contributed by atoms with van der Waals surface area (Å²) < 4.78 is 10.4. The van der Waals surface area contributed by atoms with Crippen LogP contribution in [0.4, 0.5) is 0 Å². The van der Waals surface area contributed by atoms with Crippen molar-refractivity contribution in [3.63, 3.8) is 0 Å². The topological polar surface area (TPSA) is 18.5 Å². The predicted molar refractivity (Wildman–Crippen MR) is 27.7 cm³/mol. The summed E-state index contributed by atoms with van der Waals surface area (Å²) in [5.41, 5.74) is 0. The molecule has 0 spiro atoms. The van der Waals surface area contributed by atoms with E-state index in [9.17, 15) is 0 Å². The van der Waals surface area contributed by atoms with E-state index in [0.29, 0.717) is 0 Å². The second kappa shape index (κ2) is 2.06. The summed E-state index contributed by atoms with van der Waals surface area (Å²) in [7, 11) is 0. The maximum atomic E-state index is 5.19. The van der Waals surface area contributed by atoms with Gasteiger partial charge in [0.25, 0.3) is 0 Å². The number of para-hydroxylation sites is 2. The fourth-order valence-electron chi connectivity index (χ4n) is 0.661. The Balaban J connectivity index is 2.54. The van der Waals surface area contributed by atoms with E-state index in [4.69, 9.17) is 6.13 Å². The summed E-state index contributed by atoms with van der Waals surface area (Å²) in [4.78, 5) is 0. The Hall–Kier alpha value is -0.450. The molecule has 48 valence electrons. The second-order valence-corrected chi connectivity index (χ2v) is 2.90. The van der Waals surface area contributed by atoms with Gasteiger partial charge in [0, 0.05) is 0 Å². The van der Waals surface area contributed by atoms with E-state index in [-0.39, 0.29) is 0 Å². The normalized spacial score (nSPS) is 14.7. The molecule has 3 heteroatoms. The zero-order chi connectivity index (χ0) is 6.10. The molecule has 1 aromatic carbocycles. The molecule has 0 aliphatic carbocycles. The Labute approximate surface area is 64.1 Å².